The standard InChI is InChI=1S/C10H8F2N2O2/c1-15-8-3-6(11)5(2-7(8)12)9-4-14-10(13)16-9/h2-4H,1H3,(H2,13,14). The lowest BCUT2D eigenvalue weighted by Crippen LogP contribution is -1.92. The summed E-state index contributed by atoms with van der Waals surface area (Å²) in [5.74, 6) is -1.46. The lowest BCUT2D eigenvalue weighted by molar-refractivity contribution is 0.383. The Morgan fingerprint density at radius 1 is 1.31 bits per heavy atom. The summed E-state index contributed by atoms with van der Waals surface area (Å²) in [5, 5.41) is 0. The van der Waals surface area contributed by atoms with Crippen LogP contribution >= 0.6 is 0 Å². The van der Waals surface area contributed by atoms with Gasteiger partial charge in [-0.3, -0.25) is 0 Å². The van der Waals surface area contributed by atoms with E-state index in [4.69, 9.17) is 10.2 Å². The van der Waals surface area contributed by atoms with Gasteiger partial charge in [0.05, 0.1) is 18.9 Å². The number of oxazole rings is 1. The van der Waals surface area contributed by atoms with E-state index in [1.807, 2.05) is 0 Å². The van der Waals surface area contributed by atoms with Crippen molar-refractivity contribution in [3.05, 3.63) is 30.0 Å². The summed E-state index contributed by atoms with van der Waals surface area (Å²) < 4.78 is 36.4. The van der Waals surface area contributed by atoms with E-state index in [1.165, 1.54) is 13.3 Å². The van der Waals surface area contributed by atoms with Crippen molar-refractivity contribution in [3.63, 3.8) is 0 Å². The normalized spacial score (nSPS) is 10.4. The molecule has 1 heterocycles. The monoisotopic (exact) mass is 226 g/mol. The fourth-order valence-corrected chi connectivity index (χ4v) is 1.29. The molecule has 0 unspecified atom stereocenters. The molecule has 0 aliphatic heterocycles. The fourth-order valence-electron chi connectivity index (χ4n) is 1.29. The number of halogens is 2. The maximum atomic E-state index is 13.5. The Kier molecular flexibility index (Phi) is 2.47. The highest BCUT2D eigenvalue weighted by Crippen LogP contribution is 2.29. The molecule has 0 aliphatic rings. The van der Waals surface area contributed by atoms with Crippen molar-refractivity contribution in [1.29, 1.82) is 0 Å². The zero-order chi connectivity index (χ0) is 11.7. The highest BCUT2D eigenvalue weighted by molar-refractivity contribution is 5.59. The number of ether oxygens (including phenoxy) is 1. The third kappa shape index (κ3) is 1.69. The number of hydrogen-bond acceptors (Lipinski definition) is 4. The molecule has 2 N–H and O–H groups in total. The second-order valence-corrected chi connectivity index (χ2v) is 3.03. The third-order valence-electron chi connectivity index (χ3n) is 2.03. The zero-order valence-corrected chi connectivity index (χ0v) is 8.33. The Morgan fingerprint density at radius 2 is 2.06 bits per heavy atom. The molecule has 16 heavy (non-hydrogen) atoms. The third-order valence-corrected chi connectivity index (χ3v) is 2.03. The highest BCUT2D eigenvalue weighted by Gasteiger charge is 2.14. The van der Waals surface area contributed by atoms with E-state index in [0.29, 0.717) is 0 Å². The van der Waals surface area contributed by atoms with E-state index in [9.17, 15) is 8.78 Å². The maximum Gasteiger partial charge on any atom is 0.292 e. The number of anilines is 1. The molecule has 0 fully saturated rings. The van der Waals surface area contributed by atoms with Gasteiger partial charge in [0.15, 0.2) is 17.3 Å². The van der Waals surface area contributed by atoms with Crippen LogP contribution in [0.25, 0.3) is 11.3 Å². The van der Waals surface area contributed by atoms with Crippen LogP contribution in [-0.2, 0) is 0 Å². The molecule has 84 valence electrons. The van der Waals surface area contributed by atoms with Crippen LogP contribution in [0.2, 0.25) is 0 Å². The van der Waals surface area contributed by atoms with Crippen LogP contribution in [0.3, 0.4) is 0 Å². The summed E-state index contributed by atoms with van der Waals surface area (Å²) in [6, 6.07) is 1.79. The molecule has 1 aromatic heterocycles. The van der Waals surface area contributed by atoms with Crippen LogP contribution in [0.1, 0.15) is 0 Å². The van der Waals surface area contributed by atoms with Gasteiger partial charge in [-0.2, -0.15) is 0 Å². The van der Waals surface area contributed by atoms with Crippen molar-refractivity contribution >= 4 is 6.01 Å². The summed E-state index contributed by atoms with van der Waals surface area (Å²) in [5.41, 5.74) is 5.19. The van der Waals surface area contributed by atoms with Crippen molar-refractivity contribution in [1.82, 2.24) is 4.98 Å². The average Bonchev–Trinajstić information content (AvgIpc) is 2.67. The van der Waals surface area contributed by atoms with Crippen molar-refractivity contribution in [2.45, 2.75) is 0 Å². The largest absolute Gasteiger partial charge is 0.494 e. The van der Waals surface area contributed by atoms with Crippen LogP contribution in [0.15, 0.2) is 22.7 Å². The Balaban J connectivity index is 2.54. The lowest BCUT2D eigenvalue weighted by atomic mass is 10.1. The van der Waals surface area contributed by atoms with Gasteiger partial charge in [0.1, 0.15) is 5.82 Å². The fraction of sp³-hybridized carbons (Fsp3) is 0.100. The van der Waals surface area contributed by atoms with Gasteiger partial charge in [-0.05, 0) is 6.07 Å². The van der Waals surface area contributed by atoms with E-state index in [2.05, 4.69) is 9.72 Å². The number of methoxy groups -OCH3 is 1. The molecule has 0 bridgehead atoms. The zero-order valence-electron chi connectivity index (χ0n) is 8.33. The second-order valence-electron chi connectivity index (χ2n) is 3.03. The minimum absolute atomic E-state index is 0.0532. The first-order valence-electron chi connectivity index (χ1n) is 4.36. The van der Waals surface area contributed by atoms with Crippen molar-refractivity contribution in [2.24, 2.45) is 0 Å². The van der Waals surface area contributed by atoms with E-state index < -0.39 is 11.6 Å². The van der Waals surface area contributed by atoms with Gasteiger partial charge in [-0.1, -0.05) is 0 Å². The minimum Gasteiger partial charge on any atom is -0.494 e. The Labute approximate surface area is 89.7 Å². The Morgan fingerprint density at radius 3 is 2.62 bits per heavy atom. The van der Waals surface area contributed by atoms with Crippen LogP contribution < -0.4 is 10.5 Å². The first-order chi connectivity index (χ1) is 7.61. The molecule has 6 heteroatoms. The molecule has 2 rings (SSSR count). The minimum atomic E-state index is -0.686. The van der Waals surface area contributed by atoms with Gasteiger partial charge in [0.2, 0.25) is 0 Å². The highest BCUT2D eigenvalue weighted by atomic mass is 19.1. The molecule has 0 amide bonds. The quantitative estimate of drug-likeness (QED) is 0.852. The number of benzene rings is 1. The number of nitrogens with zero attached hydrogens (tertiary/aromatic N) is 1. The molecule has 0 saturated heterocycles. The molecule has 0 spiro atoms. The molecular weight excluding hydrogens is 218 g/mol. The van der Waals surface area contributed by atoms with Crippen LogP contribution in [0, 0.1) is 11.6 Å². The number of hydrogen-bond donors (Lipinski definition) is 1. The molecule has 0 radical (unpaired) electrons. The molecule has 2 aromatic rings. The summed E-state index contributed by atoms with van der Waals surface area (Å²) in [6.45, 7) is 0. The van der Waals surface area contributed by atoms with Gasteiger partial charge < -0.3 is 14.9 Å². The summed E-state index contributed by atoms with van der Waals surface area (Å²) in [7, 11) is 1.25. The van der Waals surface area contributed by atoms with Gasteiger partial charge in [0.25, 0.3) is 6.01 Å². The molecule has 1 aromatic carbocycles. The van der Waals surface area contributed by atoms with E-state index in [0.717, 1.165) is 12.1 Å². The topological polar surface area (TPSA) is 61.3 Å². The Bertz CT molecular complexity index is 526. The van der Waals surface area contributed by atoms with Crippen molar-refractivity contribution < 1.29 is 17.9 Å². The Hall–Kier alpha value is -2.11. The predicted octanol–water partition coefficient (Wildman–Crippen LogP) is 2.21. The van der Waals surface area contributed by atoms with Gasteiger partial charge >= 0.3 is 0 Å². The van der Waals surface area contributed by atoms with Crippen LogP contribution in [0.5, 0.6) is 5.75 Å². The van der Waals surface area contributed by atoms with Crippen LogP contribution in [-0.4, -0.2) is 12.1 Å². The number of rotatable bonds is 2. The SMILES string of the molecule is COc1cc(F)c(-c2cnc(N)o2)cc1F. The summed E-state index contributed by atoms with van der Waals surface area (Å²) in [6.07, 6.45) is 1.22. The lowest BCUT2D eigenvalue weighted by Gasteiger charge is -2.04. The predicted molar refractivity (Wildman–Crippen MR) is 52.8 cm³/mol. The maximum absolute atomic E-state index is 13.5. The number of nitrogen functional groups attached to an aromatic ring is 1. The molecular formula is C10H8F2N2O2. The summed E-state index contributed by atoms with van der Waals surface area (Å²) >= 11 is 0. The van der Waals surface area contributed by atoms with E-state index >= 15 is 0 Å². The smallest absolute Gasteiger partial charge is 0.292 e. The summed E-state index contributed by atoms with van der Waals surface area (Å²) in [4.78, 5) is 3.60. The number of nitrogens with two attached hydrogens (primary N) is 1. The molecule has 0 aliphatic carbocycles. The van der Waals surface area contributed by atoms with Gasteiger partial charge in [-0.25, -0.2) is 13.8 Å². The van der Waals surface area contributed by atoms with Crippen molar-refractivity contribution in [2.75, 3.05) is 12.8 Å². The molecule has 4 nitrogen and oxygen atoms in total. The first-order valence-corrected chi connectivity index (χ1v) is 4.36. The first kappa shape index (κ1) is 10.4. The van der Waals surface area contributed by atoms with Crippen molar-refractivity contribution in [3.8, 4) is 17.1 Å². The van der Waals surface area contributed by atoms with Crippen LogP contribution in [0.4, 0.5) is 14.8 Å². The second kappa shape index (κ2) is 3.80. The van der Waals surface area contributed by atoms with Gasteiger partial charge in [0, 0.05) is 6.07 Å². The van der Waals surface area contributed by atoms with E-state index in [-0.39, 0.29) is 23.1 Å². The number of aromatic nitrogens is 1. The molecule has 0 atom stereocenters. The average molecular weight is 226 g/mol. The van der Waals surface area contributed by atoms with E-state index in [1.54, 1.807) is 0 Å². The van der Waals surface area contributed by atoms with Gasteiger partial charge in [-0.15, -0.1) is 0 Å². The molecule has 0 saturated carbocycles.